The molecule has 8 nitrogen and oxygen atoms in total. The van der Waals surface area contributed by atoms with Crippen molar-refractivity contribution in [3.05, 3.63) is 18.2 Å². The molecular weight excluding hydrogens is 352 g/mol. The van der Waals surface area contributed by atoms with Gasteiger partial charge in [-0.2, -0.15) is 0 Å². The van der Waals surface area contributed by atoms with E-state index < -0.39 is 17.8 Å². The number of fused-ring (bicyclic) bond motifs is 1. The van der Waals surface area contributed by atoms with Crippen molar-refractivity contribution in [2.24, 2.45) is 5.92 Å². The van der Waals surface area contributed by atoms with Crippen molar-refractivity contribution in [2.45, 2.75) is 38.1 Å². The quantitative estimate of drug-likeness (QED) is 0.788. The Morgan fingerprint density at radius 1 is 1.19 bits per heavy atom. The normalized spacial score (nSPS) is 21.6. The SMILES string of the molecule is O=C(COC(=O)[C@H]1CC(=O)N(C2CCCC2)C1)Nc1ccc2c(c1)OCO2. The number of hydrogen-bond donors (Lipinski definition) is 1. The lowest BCUT2D eigenvalue weighted by molar-refractivity contribution is -0.151. The van der Waals surface area contributed by atoms with E-state index in [1.807, 2.05) is 4.90 Å². The van der Waals surface area contributed by atoms with Gasteiger partial charge < -0.3 is 24.4 Å². The molecule has 2 amide bonds. The van der Waals surface area contributed by atoms with Crippen molar-refractivity contribution in [3.63, 3.8) is 0 Å². The zero-order valence-corrected chi connectivity index (χ0v) is 14.9. The summed E-state index contributed by atoms with van der Waals surface area (Å²) in [5.41, 5.74) is 0.531. The molecule has 1 aromatic rings. The summed E-state index contributed by atoms with van der Waals surface area (Å²) in [6, 6.07) is 5.29. The summed E-state index contributed by atoms with van der Waals surface area (Å²) in [7, 11) is 0. The maximum absolute atomic E-state index is 12.2. The molecule has 2 fully saturated rings. The molecule has 0 unspecified atom stereocenters. The largest absolute Gasteiger partial charge is 0.455 e. The first-order valence-electron chi connectivity index (χ1n) is 9.26. The molecule has 27 heavy (non-hydrogen) atoms. The zero-order chi connectivity index (χ0) is 18.8. The molecule has 144 valence electrons. The predicted molar refractivity (Wildman–Crippen MR) is 94.2 cm³/mol. The molecule has 1 N–H and O–H groups in total. The maximum atomic E-state index is 12.2. The van der Waals surface area contributed by atoms with Gasteiger partial charge in [0.2, 0.25) is 12.7 Å². The van der Waals surface area contributed by atoms with Gasteiger partial charge in [0.25, 0.3) is 5.91 Å². The van der Waals surface area contributed by atoms with Crippen molar-refractivity contribution >= 4 is 23.5 Å². The van der Waals surface area contributed by atoms with E-state index in [4.69, 9.17) is 14.2 Å². The zero-order valence-electron chi connectivity index (χ0n) is 14.9. The van der Waals surface area contributed by atoms with Crippen LogP contribution in [0.1, 0.15) is 32.1 Å². The number of carbonyl (C=O) groups is 3. The highest BCUT2D eigenvalue weighted by molar-refractivity contribution is 5.94. The smallest absolute Gasteiger partial charge is 0.311 e. The molecule has 0 spiro atoms. The van der Waals surface area contributed by atoms with E-state index in [0.29, 0.717) is 23.7 Å². The number of carbonyl (C=O) groups excluding carboxylic acids is 3. The van der Waals surface area contributed by atoms with Crippen LogP contribution in [0.2, 0.25) is 0 Å². The van der Waals surface area contributed by atoms with Crippen LogP contribution in [-0.2, 0) is 19.1 Å². The Balaban J connectivity index is 1.25. The molecule has 3 aliphatic rings. The van der Waals surface area contributed by atoms with Gasteiger partial charge in [-0.25, -0.2) is 0 Å². The van der Waals surface area contributed by atoms with Gasteiger partial charge in [-0.05, 0) is 25.0 Å². The second-order valence-corrected chi connectivity index (χ2v) is 7.11. The van der Waals surface area contributed by atoms with Gasteiger partial charge in [0, 0.05) is 30.8 Å². The lowest BCUT2D eigenvalue weighted by atomic mass is 10.1. The fraction of sp³-hybridized carbons (Fsp3) is 0.526. The molecule has 2 heterocycles. The average molecular weight is 374 g/mol. The third kappa shape index (κ3) is 3.84. The molecule has 1 aromatic carbocycles. The fourth-order valence-electron chi connectivity index (χ4n) is 3.88. The Kier molecular flexibility index (Phi) is 4.87. The van der Waals surface area contributed by atoms with E-state index in [9.17, 15) is 14.4 Å². The van der Waals surface area contributed by atoms with Crippen LogP contribution in [0.5, 0.6) is 11.5 Å². The summed E-state index contributed by atoms with van der Waals surface area (Å²) >= 11 is 0. The lowest BCUT2D eigenvalue weighted by Crippen LogP contribution is -2.35. The van der Waals surface area contributed by atoms with Gasteiger partial charge in [0.1, 0.15) is 0 Å². The molecular formula is C19H22N2O6. The molecule has 2 aliphatic heterocycles. The minimum absolute atomic E-state index is 0.00802. The average Bonchev–Trinajstić information content (AvgIpc) is 3.39. The first kappa shape index (κ1) is 17.6. The first-order chi connectivity index (χ1) is 13.1. The second kappa shape index (κ2) is 7.46. The van der Waals surface area contributed by atoms with E-state index in [1.54, 1.807) is 18.2 Å². The predicted octanol–water partition coefficient (Wildman–Crippen LogP) is 1.69. The van der Waals surface area contributed by atoms with E-state index in [-0.39, 0.29) is 31.8 Å². The lowest BCUT2D eigenvalue weighted by Gasteiger charge is -2.23. The summed E-state index contributed by atoms with van der Waals surface area (Å²) in [4.78, 5) is 38.3. The number of nitrogens with one attached hydrogen (secondary N) is 1. The molecule has 8 heteroatoms. The molecule has 1 atom stereocenters. The van der Waals surface area contributed by atoms with Crippen LogP contribution in [0, 0.1) is 5.92 Å². The number of ether oxygens (including phenoxy) is 3. The highest BCUT2D eigenvalue weighted by Crippen LogP contribution is 2.34. The summed E-state index contributed by atoms with van der Waals surface area (Å²) in [5.74, 6) is -0.243. The fourth-order valence-corrected chi connectivity index (χ4v) is 3.88. The highest BCUT2D eigenvalue weighted by atomic mass is 16.7. The summed E-state index contributed by atoms with van der Waals surface area (Å²) < 4.78 is 15.6. The number of nitrogens with zero attached hydrogens (tertiary/aromatic N) is 1. The topological polar surface area (TPSA) is 94.2 Å². The minimum Gasteiger partial charge on any atom is -0.455 e. The Morgan fingerprint density at radius 3 is 2.78 bits per heavy atom. The van der Waals surface area contributed by atoms with Crippen LogP contribution in [0.15, 0.2) is 18.2 Å². The van der Waals surface area contributed by atoms with E-state index >= 15 is 0 Å². The summed E-state index contributed by atoms with van der Waals surface area (Å²) in [6.45, 7) is 0.163. The van der Waals surface area contributed by atoms with E-state index in [2.05, 4.69) is 5.32 Å². The van der Waals surface area contributed by atoms with Gasteiger partial charge in [0.05, 0.1) is 5.92 Å². The Bertz CT molecular complexity index is 759. The number of amides is 2. The summed E-state index contributed by atoms with van der Waals surface area (Å²) in [6.07, 6.45) is 4.43. The third-order valence-electron chi connectivity index (χ3n) is 5.26. The van der Waals surface area contributed by atoms with Gasteiger partial charge in [-0.1, -0.05) is 12.8 Å². The number of rotatable bonds is 5. The van der Waals surface area contributed by atoms with E-state index in [0.717, 1.165) is 25.7 Å². The molecule has 1 saturated heterocycles. The van der Waals surface area contributed by atoms with Crippen LogP contribution >= 0.6 is 0 Å². The third-order valence-corrected chi connectivity index (χ3v) is 5.26. The van der Waals surface area contributed by atoms with Crippen molar-refractivity contribution < 1.29 is 28.6 Å². The minimum atomic E-state index is -0.496. The molecule has 0 aromatic heterocycles. The van der Waals surface area contributed by atoms with Crippen molar-refractivity contribution in [2.75, 3.05) is 25.3 Å². The second-order valence-electron chi connectivity index (χ2n) is 7.11. The standard InChI is InChI=1S/C19H22N2O6/c22-17(20-13-5-6-15-16(8-13)27-11-26-15)10-25-19(24)12-7-18(23)21(9-12)14-3-1-2-4-14/h5-6,8,12,14H,1-4,7,9-11H2,(H,20,22)/t12-/m0/s1. The Morgan fingerprint density at radius 2 is 1.96 bits per heavy atom. The number of hydrogen-bond acceptors (Lipinski definition) is 6. The summed E-state index contributed by atoms with van der Waals surface area (Å²) in [5, 5.41) is 2.65. The maximum Gasteiger partial charge on any atom is 0.311 e. The van der Waals surface area contributed by atoms with Crippen molar-refractivity contribution in [1.29, 1.82) is 0 Å². The number of benzene rings is 1. The monoisotopic (exact) mass is 374 g/mol. The van der Waals surface area contributed by atoms with Gasteiger partial charge in [0.15, 0.2) is 18.1 Å². The van der Waals surface area contributed by atoms with Crippen LogP contribution in [0.4, 0.5) is 5.69 Å². The van der Waals surface area contributed by atoms with E-state index in [1.165, 1.54) is 0 Å². The first-order valence-corrected chi connectivity index (χ1v) is 9.26. The number of likely N-dealkylation sites (tertiary alicyclic amines) is 1. The Hall–Kier alpha value is -2.77. The molecule has 0 radical (unpaired) electrons. The molecule has 1 saturated carbocycles. The van der Waals surface area contributed by atoms with Crippen molar-refractivity contribution in [3.8, 4) is 11.5 Å². The molecule has 4 rings (SSSR count). The number of esters is 1. The van der Waals surface area contributed by atoms with Crippen molar-refractivity contribution in [1.82, 2.24) is 4.90 Å². The van der Waals surface area contributed by atoms with Crippen LogP contribution in [-0.4, -0.2) is 48.7 Å². The van der Waals surface area contributed by atoms with Crippen LogP contribution in [0.3, 0.4) is 0 Å². The van der Waals surface area contributed by atoms with Gasteiger partial charge in [-0.3, -0.25) is 14.4 Å². The van der Waals surface area contributed by atoms with Crippen LogP contribution in [0.25, 0.3) is 0 Å². The Labute approximate surface area is 156 Å². The molecule has 0 bridgehead atoms. The number of anilines is 1. The molecule has 1 aliphatic carbocycles. The van der Waals surface area contributed by atoms with Gasteiger partial charge in [-0.15, -0.1) is 0 Å². The highest BCUT2D eigenvalue weighted by Gasteiger charge is 2.39. The van der Waals surface area contributed by atoms with Crippen LogP contribution < -0.4 is 14.8 Å². The van der Waals surface area contributed by atoms with Gasteiger partial charge >= 0.3 is 5.97 Å².